The smallest absolute Gasteiger partial charge is 0.239 e. The molecule has 0 fully saturated rings. The zero-order valence-electron chi connectivity index (χ0n) is 42.5. The Balaban J connectivity index is 1.23. The molecule has 5 unspecified atom stereocenters. The van der Waals surface area contributed by atoms with Gasteiger partial charge in [0.2, 0.25) is 35.4 Å². The second-order valence-corrected chi connectivity index (χ2v) is 22.7. The lowest BCUT2D eigenvalue weighted by Gasteiger charge is -2.24. The third-order valence-electron chi connectivity index (χ3n) is 11.2. The predicted molar refractivity (Wildman–Crippen MR) is 306 cm³/mol. The van der Waals surface area contributed by atoms with Crippen molar-refractivity contribution in [3.63, 3.8) is 0 Å². The van der Waals surface area contributed by atoms with Gasteiger partial charge in [0.1, 0.15) is 94.2 Å². The number of methoxy groups -OCH3 is 1. The van der Waals surface area contributed by atoms with Crippen LogP contribution in [0.3, 0.4) is 0 Å². The number of hydrogen-bond donors (Lipinski definition) is 8. The van der Waals surface area contributed by atoms with Gasteiger partial charge in [0.15, 0.2) is 11.8 Å². The molecule has 29 heteroatoms. The number of carbonyl (C=O) groups excluding carboxylic acids is 1. The number of hydrogen-bond acceptors (Lipinski definition) is 23. The number of thiazole rings is 6. The molecule has 0 spiro atoms. The lowest BCUT2D eigenvalue weighted by Crippen LogP contribution is -2.31. The molecule has 0 aliphatic carbocycles. The van der Waals surface area contributed by atoms with E-state index in [-0.39, 0.29) is 56.5 Å². The minimum Gasteiger partial charge on any atom is -0.495 e. The third kappa shape index (κ3) is 12.9. The van der Waals surface area contributed by atoms with E-state index < -0.39 is 71.3 Å². The Labute approximate surface area is 468 Å². The Morgan fingerprint density at radius 1 is 0.705 bits per heavy atom. The van der Waals surface area contributed by atoms with Gasteiger partial charge in [-0.3, -0.25) is 4.79 Å². The van der Waals surface area contributed by atoms with E-state index in [2.05, 4.69) is 44.9 Å². The summed E-state index contributed by atoms with van der Waals surface area (Å²) in [6.07, 6.45) is 0.981. The molecule has 7 aromatic heterocycles. The molecule has 7 aromatic rings. The van der Waals surface area contributed by atoms with Crippen LogP contribution in [-0.4, -0.2) is 154 Å². The Hall–Kier alpha value is -7.22. The van der Waals surface area contributed by atoms with Crippen molar-refractivity contribution in [3.8, 4) is 43.4 Å². The first kappa shape index (κ1) is 57.0. The van der Waals surface area contributed by atoms with E-state index >= 15 is 0 Å². The number of pyridine rings is 1. The predicted octanol–water partition coefficient (Wildman–Crippen LogP) is 9.53. The van der Waals surface area contributed by atoms with E-state index in [9.17, 15) is 45.6 Å². The standard InChI is InChI=1S/C49H49N13O10S6/c1-9-24(37(65)50-13-20(3)63)52-38(66)28-16-75-46(57-28)32-19-76-45(59-32)26-12-11-23-35(51-26)27-14-77-47(54-27)34(22(5)72-8)61-40(68)30-18-78-48(58-30)36(49(6,7)71)62-41(69)31-17-74-44(56-31)25(10-2)53-42(70)33(21(4)64)60-39(67)29-15-73-43(23)55-29/h9-12,14-19,21-22,33-34,36,64,71H,13H2,1-8H3,(H,50,65)(H,52,66)(H,53,70)(H,60,67)(H,61,68)(H,62,69). The number of aliphatic imine (C=N–C) groups is 6. The number of ketones is 1. The van der Waals surface area contributed by atoms with Crippen molar-refractivity contribution in [2.75, 3.05) is 13.7 Å². The third-order valence-corrected chi connectivity index (χ3v) is 16.4. The van der Waals surface area contributed by atoms with Crippen LogP contribution >= 0.6 is 68.0 Å². The van der Waals surface area contributed by atoms with Crippen molar-refractivity contribution in [2.45, 2.75) is 84.4 Å². The SMILES string of the molecule is CC=C(N=C(O)c1csc(-c2csc(-c3ccc4c(n3)-c3csc(n3)C(C(C)OC)N=C(O)c3csc(n3)C(C(C)(C)O)N=C(O)c3csc(n3)C(=CC)N=C(O)C(C(C)O)N=C(O)c3csc-4n3)n2)n1)C(O)=NCC(C)=O. The summed E-state index contributed by atoms with van der Waals surface area (Å²) in [6, 6.07) is 0.0157. The number of Topliss-reactive ketones (excluding diaryl/α,β-unsaturated/α-hetero) is 1. The number of carbonyl (C=O) groups is 1. The summed E-state index contributed by atoms with van der Waals surface area (Å²) in [5, 5.41) is 101. The highest BCUT2D eigenvalue weighted by Crippen LogP contribution is 2.40. The van der Waals surface area contributed by atoms with Gasteiger partial charge in [-0.1, -0.05) is 12.2 Å². The zero-order chi connectivity index (χ0) is 56.2. The second-order valence-electron chi connectivity index (χ2n) is 17.5. The normalized spacial score (nSPS) is 18.7. The van der Waals surface area contributed by atoms with Gasteiger partial charge >= 0.3 is 0 Å². The molecule has 0 aromatic carbocycles. The van der Waals surface area contributed by atoms with Crippen molar-refractivity contribution < 1.29 is 50.4 Å². The second kappa shape index (κ2) is 24.2. The van der Waals surface area contributed by atoms with E-state index in [0.29, 0.717) is 48.4 Å². The fraction of sp³-hybridized carbons (Fsp3) is 0.306. The topological polar surface area (TPSA) is 353 Å². The van der Waals surface area contributed by atoms with Crippen LogP contribution in [0.5, 0.6) is 0 Å². The van der Waals surface area contributed by atoms with Gasteiger partial charge in [0, 0.05) is 45.0 Å². The number of aliphatic hydroxyl groups excluding tert-OH is 7. The molecule has 1 aliphatic heterocycles. The highest BCUT2D eigenvalue weighted by Gasteiger charge is 2.34. The van der Waals surface area contributed by atoms with E-state index in [1.165, 1.54) is 80.3 Å². The molecule has 23 nitrogen and oxygen atoms in total. The lowest BCUT2D eigenvalue weighted by atomic mass is 10.00. The van der Waals surface area contributed by atoms with E-state index in [1.807, 2.05) is 0 Å². The maximum atomic E-state index is 11.6. The number of aliphatic hydroxyl groups is 8. The molecule has 0 saturated heterocycles. The number of rotatable bonds is 11. The molecule has 0 radical (unpaired) electrons. The van der Waals surface area contributed by atoms with E-state index in [1.54, 1.807) is 65.9 Å². The van der Waals surface area contributed by atoms with Gasteiger partial charge < -0.3 is 45.6 Å². The molecule has 0 amide bonds. The van der Waals surface area contributed by atoms with Crippen LogP contribution in [0.2, 0.25) is 0 Å². The van der Waals surface area contributed by atoms with Crippen LogP contribution in [0.4, 0.5) is 0 Å². The summed E-state index contributed by atoms with van der Waals surface area (Å²) in [5.41, 5.74) is 0.825. The van der Waals surface area contributed by atoms with Crippen LogP contribution in [0.25, 0.3) is 49.1 Å². The average molecular weight is 1170 g/mol. The van der Waals surface area contributed by atoms with Gasteiger partial charge in [-0.05, 0) is 60.6 Å². The molecular weight excluding hydrogens is 1120 g/mol. The van der Waals surface area contributed by atoms with Crippen molar-refractivity contribution in [3.05, 3.63) is 100 Å². The molecule has 78 heavy (non-hydrogen) atoms. The summed E-state index contributed by atoms with van der Waals surface area (Å²) < 4.78 is 5.75. The molecule has 1 aliphatic rings. The number of ether oxygens (including phenoxy) is 1. The molecule has 8 N–H and O–H groups in total. The highest BCUT2D eigenvalue weighted by atomic mass is 32.1. The molecule has 0 saturated carbocycles. The minimum absolute atomic E-state index is 0.00569. The van der Waals surface area contributed by atoms with E-state index in [0.717, 1.165) is 34.0 Å². The van der Waals surface area contributed by atoms with Crippen LogP contribution in [0.15, 0.2) is 92.2 Å². The number of nitrogens with zero attached hydrogens (tertiary/aromatic N) is 13. The first-order valence-corrected chi connectivity index (χ1v) is 28.6. The van der Waals surface area contributed by atoms with Crippen LogP contribution in [0, 0.1) is 0 Å². The first-order chi connectivity index (χ1) is 37.1. The highest BCUT2D eigenvalue weighted by molar-refractivity contribution is 7.15. The van der Waals surface area contributed by atoms with E-state index in [4.69, 9.17) is 24.7 Å². The molecule has 8 rings (SSSR count). The molecule has 8 heterocycles. The Morgan fingerprint density at radius 3 is 1.94 bits per heavy atom. The molecule has 5 atom stereocenters. The summed E-state index contributed by atoms with van der Waals surface area (Å²) in [6.45, 7) is 10.4. The summed E-state index contributed by atoms with van der Waals surface area (Å²) in [5.74, 6) is -3.55. The fourth-order valence-corrected chi connectivity index (χ4v) is 12.2. The van der Waals surface area contributed by atoms with Crippen molar-refractivity contribution in [1.29, 1.82) is 0 Å². The maximum absolute atomic E-state index is 11.6. The van der Waals surface area contributed by atoms with Crippen LogP contribution in [-0.2, 0) is 9.53 Å². The fourth-order valence-electron chi connectivity index (χ4n) is 7.05. The van der Waals surface area contributed by atoms with Crippen molar-refractivity contribution >= 4 is 115 Å². The van der Waals surface area contributed by atoms with Crippen LogP contribution in [0.1, 0.15) is 98.3 Å². The van der Waals surface area contributed by atoms with Gasteiger partial charge in [-0.2, -0.15) is 0 Å². The Bertz CT molecular complexity index is 3610. The molecular formula is C49H49N13O10S6. The van der Waals surface area contributed by atoms with Crippen molar-refractivity contribution in [1.82, 2.24) is 34.9 Å². The molecule has 8 bridgehead atoms. The monoisotopic (exact) mass is 1170 g/mol. The molecule has 406 valence electrons. The number of fused-ring (bicyclic) bond motifs is 11. The average Bonchev–Trinajstić information content (AvgIpc) is 4.28. The zero-order valence-corrected chi connectivity index (χ0v) is 47.4. The maximum Gasteiger partial charge on any atom is 0.239 e. The quantitative estimate of drug-likeness (QED) is 0.0441. The largest absolute Gasteiger partial charge is 0.495 e. The van der Waals surface area contributed by atoms with Crippen LogP contribution < -0.4 is 0 Å². The van der Waals surface area contributed by atoms with Gasteiger partial charge in [-0.25, -0.2) is 64.8 Å². The first-order valence-electron chi connectivity index (χ1n) is 23.3. The van der Waals surface area contributed by atoms with Gasteiger partial charge in [0.25, 0.3) is 0 Å². The van der Waals surface area contributed by atoms with Gasteiger partial charge in [-0.15, -0.1) is 68.0 Å². The Kier molecular flexibility index (Phi) is 17.7. The minimum atomic E-state index is -1.58. The Morgan fingerprint density at radius 2 is 1.27 bits per heavy atom. The van der Waals surface area contributed by atoms with Crippen molar-refractivity contribution in [2.24, 2.45) is 30.0 Å². The summed E-state index contributed by atoms with van der Waals surface area (Å²) >= 11 is 6.99. The summed E-state index contributed by atoms with van der Waals surface area (Å²) in [4.78, 5) is 70.1. The van der Waals surface area contributed by atoms with Gasteiger partial charge in [0.05, 0.1) is 29.2 Å². The number of aromatic nitrogens is 7. The summed E-state index contributed by atoms with van der Waals surface area (Å²) in [7, 11) is 1.50. The lowest BCUT2D eigenvalue weighted by molar-refractivity contribution is -0.115. The number of allylic oxidation sites excluding steroid dienone is 2.